The molecule has 0 aromatic rings. The molecule has 0 bridgehead atoms. The molecule has 1 aliphatic carbocycles. The van der Waals surface area contributed by atoms with E-state index in [4.69, 9.17) is 0 Å². The fourth-order valence-corrected chi connectivity index (χ4v) is 2.64. The van der Waals surface area contributed by atoms with E-state index in [9.17, 15) is 9.00 Å². The Morgan fingerprint density at radius 2 is 2.27 bits per heavy atom. The molecule has 0 aliphatic heterocycles. The Labute approximate surface area is 93.3 Å². The number of allylic oxidation sites excluding steroid dienone is 3. The van der Waals surface area contributed by atoms with Crippen LogP contribution in [0.4, 0.5) is 0 Å². The van der Waals surface area contributed by atoms with E-state index in [0.29, 0.717) is 12.3 Å². The van der Waals surface area contributed by atoms with Gasteiger partial charge in [0, 0.05) is 37.1 Å². The minimum Gasteiger partial charge on any atom is -0.345 e. The van der Waals surface area contributed by atoms with Gasteiger partial charge in [0.05, 0.1) is 5.25 Å². The lowest BCUT2D eigenvalue weighted by Gasteiger charge is -2.17. The normalized spacial score (nSPS) is 21.3. The van der Waals surface area contributed by atoms with Gasteiger partial charge in [-0.1, -0.05) is 24.3 Å². The Morgan fingerprint density at radius 1 is 1.53 bits per heavy atom. The maximum atomic E-state index is 11.8. The number of rotatable bonds is 4. The lowest BCUT2D eigenvalue weighted by Crippen LogP contribution is -2.30. The zero-order valence-electron chi connectivity index (χ0n) is 9.18. The van der Waals surface area contributed by atoms with Gasteiger partial charge < -0.3 is 4.90 Å². The summed E-state index contributed by atoms with van der Waals surface area (Å²) in [6.45, 7) is 2.09. The summed E-state index contributed by atoms with van der Waals surface area (Å²) in [4.78, 5) is 12.5. The molecule has 0 aromatic heterocycles. The predicted octanol–water partition coefficient (Wildman–Crippen LogP) is 1.10. The maximum absolute atomic E-state index is 11.8. The van der Waals surface area contributed by atoms with Crippen molar-refractivity contribution >= 4 is 16.7 Å². The minimum absolute atomic E-state index is 0.0195. The maximum Gasteiger partial charge on any atom is 0.219 e. The van der Waals surface area contributed by atoms with Crippen molar-refractivity contribution in [3.05, 3.63) is 24.3 Å². The topological polar surface area (TPSA) is 37.4 Å². The van der Waals surface area contributed by atoms with Crippen molar-refractivity contribution in [2.45, 2.75) is 18.6 Å². The van der Waals surface area contributed by atoms with Crippen molar-refractivity contribution in [2.75, 3.05) is 19.3 Å². The van der Waals surface area contributed by atoms with E-state index in [0.717, 1.165) is 6.42 Å². The van der Waals surface area contributed by atoms with Gasteiger partial charge in [-0.3, -0.25) is 9.00 Å². The summed E-state index contributed by atoms with van der Waals surface area (Å²) in [7, 11) is 0.857. The molecule has 1 rings (SSSR count). The van der Waals surface area contributed by atoms with Gasteiger partial charge in [0.2, 0.25) is 5.91 Å². The monoisotopic (exact) mass is 227 g/mol. The first-order chi connectivity index (χ1) is 7.11. The number of nitrogens with zero attached hydrogens (tertiary/aromatic N) is 1. The Kier molecular flexibility index (Phi) is 4.75. The third kappa shape index (κ3) is 4.00. The Bertz CT molecular complexity index is 310. The van der Waals surface area contributed by atoms with Crippen LogP contribution in [0.2, 0.25) is 0 Å². The summed E-state index contributed by atoms with van der Waals surface area (Å²) in [5.74, 6) is 0.574. The molecule has 3 nitrogen and oxygen atoms in total. The lowest BCUT2D eigenvalue weighted by molar-refractivity contribution is -0.127. The molecular weight excluding hydrogens is 210 g/mol. The van der Waals surface area contributed by atoms with Crippen molar-refractivity contribution in [1.29, 1.82) is 0 Å². The molecule has 0 spiro atoms. The third-order valence-corrected chi connectivity index (χ3v) is 4.05. The smallest absolute Gasteiger partial charge is 0.219 e. The number of carbonyl (C=O) groups excluding carboxylic acids is 1. The van der Waals surface area contributed by atoms with Gasteiger partial charge in [0.15, 0.2) is 0 Å². The fraction of sp³-hybridized carbons (Fsp3) is 0.545. The van der Waals surface area contributed by atoms with Gasteiger partial charge >= 0.3 is 0 Å². The first kappa shape index (κ1) is 12.2. The molecule has 0 radical (unpaired) electrons. The molecule has 0 saturated heterocycles. The highest BCUT2D eigenvalue weighted by molar-refractivity contribution is 7.85. The average Bonchev–Trinajstić information content (AvgIpc) is 2.26. The quantitative estimate of drug-likeness (QED) is 0.721. The summed E-state index contributed by atoms with van der Waals surface area (Å²) >= 11 is 0. The predicted molar refractivity (Wildman–Crippen MR) is 63.0 cm³/mol. The van der Waals surface area contributed by atoms with E-state index < -0.39 is 10.8 Å². The summed E-state index contributed by atoms with van der Waals surface area (Å²) in [6.07, 6.45) is 8.74. The van der Waals surface area contributed by atoms with Crippen LogP contribution in [0.15, 0.2) is 24.3 Å². The van der Waals surface area contributed by atoms with Crippen LogP contribution >= 0.6 is 0 Å². The van der Waals surface area contributed by atoms with E-state index in [2.05, 4.69) is 0 Å². The van der Waals surface area contributed by atoms with Crippen LogP contribution in [-0.2, 0) is 15.6 Å². The van der Waals surface area contributed by atoms with Crippen molar-refractivity contribution in [2.24, 2.45) is 0 Å². The van der Waals surface area contributed by atoms with Crippen LogP contribution in [0.3, 0.4) is 0 Å². The molecule has 4 heteroatoms. The van der Waals surface area contributed by atoms with Crippen molar-refractivity contribution in [1.82, 2.24) is 4.90 Å². The summed E-state index contributed by atoms with van der Waals surface area (Å²) < 4.78 is 11.8. The average molecular weight is 227 g/mol. The zero-order chi connectivity index (χ0) is 11.3. The second-order valence-electron chi connectivity index (χ2n) is 3.61. The summed E-state index contributed by atoms with van der Waals surface area (Å²) in [5, 5.41) is 0.121. The highest BCUT2D eigenvalue weighted by Crippen LogP contribution is 2.10. The minimum atomic E-state index is -0.876. The molecule has 0 fully saturated rings. The Morgan fingerprint density at radius 3 is 2.80 bits per heavy atom. The second-order valence-corrected chi connectivity index (χ2v) is 5.39. The van der Waals surface area contributed by atoms with E-state index >= 15 is 0 Å². The standard InChI is InChI=1S/C11H17NO2S/c1-10(13)12(2)8-9-15(14)11-6-4-3-5-7-11/h3-6,11H,7-9H2,1-2H3. The molecule has 2 unspecified atom stereocenters. The molecule has 2 atom stereocenters. The van der Waals surface area contributed by atoms with Gasteiger partial charge in [-0.2, -0.15) is 0 Å². The SMILES string of the molecule is CC(=O)N(C)CCS(=O)C1C=CC=CC1. The van der Waals surface area contributed by atoms with E-state index in [1.807, 2.05) is 24.3 Å². The number of amides is 1. The Hall–Kier alpha value is -0.900. The molecule has 1 aliphatic rings. The molecule has 15 heavy (non-hydrogen) atoms. The third-order valence-electron chi connectivity index (χ3n) is 2.44. The first-order valence-corrected chi connectivity index (χ1v) is 6.41. The molecule has 0 saturated carbocycles. The van der Waals surface area contributed by atoms with Crippen LogP contribution in [0.25, 0.3) is 0 Å². The number of carbonyl (C=O) groups is 1. The molecule has 0 heterocycles. The summed E-state index contributed by atoms with van der Waals surface area (Å²) in [5.41, 5.74) is 0. The van der Waals surface area contributed by atoms with Crippen LogP contribution < -0.4 is 0 Å². The molecule has 0 aromatic carbocycles. The summed E-state index contributed by atoms with van der Waals surface area (Å²) in [6, 6.07) is 0. The van der Waals surface area contributed by atoms with Crippen molar-refractivity contribution in [3.63, 3.8) is 0 Å². The molecule has 1 amide bonds. The van der Waals surface area contributed by atoms with Crippen molar-refractivity contribution in [3.8, 4) is 0 Å². The van der Waals surface area contributed by atoms with E-state index in [1.165, 1.54) is 6.92 Å². The van der Waals surface area contributed by atoms with Gasteiger partial charge in [0.1, 0.15) is 0 Å². The van der Waals surface area contributed by atoms with Crippen LogP contribution in [-0.4, -0.2) is 39.6 Å². The Balaban J connectivity index is 2.33. The van der Waals surface area contributed by atoms with Gasteiger partial charge in [-0.15, -0.1) is 0 Å². The first-order valence-electron chi connectivity index (χ1n) is 5.03. The van der Waals surface area contributed by atoms with E-state index in [1.54, 1.807) is 11.9 Å². The van der Waals surface area contributed by atoms with Crippen LogP contribution in [0.5, 0.6) is 0 Å². The van der Waals surface area contributed by atoms with Gasteiger partial charge in [0.25, 0.3) is 0 Å². The number of hydrogen-bond acceptors (Lipinski definition) is 2. The van der Waals surface area contributed by atoms with Crippen LogP contribution in [0, 0.1) is 0 Å². The highest BCUT2D eigenvalue weighted by Gasteiger charge is 2.14. The van der Waals surface area contributed by atoms with E-state index in [-0.39, 0.29) is 11.2 Å². The van der Waals surface area contributed by atoms with Crippen LogP contribution in [0.1, 0.15) is 13.3 Å². The molecular formula is C11H17NO2S. The largest absolute Gasteiger partial charge is 0.345 e. The zero-order valence-corrected chi connectivity index (χ0v) is 10.00. The highest BCUT2D eigenvalue weighted by atomic mass is 32.2. The van der Waals surface area contributed by atoms with Gasteiger partial charge in [-0.05, 0) is 6.42 Å². The van der Waals surface area contributed by atoms with Crippen molar-refractivity contribution < 1.29 is 9.00 Å². The fourth-order valence-electron chi connectivity index (χ4n) is 1.29. The number of hydrogen-bond donors (Lipinski definition) is 0. The molecule has 84 valence electrons. The van der Waals surface area contributed by atoms with Gasteiger partial charge in [-0.25, -0.2) is 0 Å². The second kappa shape index (κ2) is 5.85. The molecule has 0 N–H and O–H groups in total. The lowest BCUT2D eigenvalue weighted by atomic mass is 10.2.